The molecule has 1 fully saturated rings. The van der Waals surface area contributed by atoms with Crippen LogP contribution in [0.25, 0.3) is 0 Å². The fraction of sp³-hybridized carbons (Fsp3) is 1.00. The van der Waals surface area contributed by atoms with Crippen LogP contribution in [0.5, 0.6) is 0 Å². The lowest BCUT2D eigenvalue weighted by molar-refractivity contribution is 0.128. The van der Waals surface area contributed by atoms with Crippen molar-refractivity contribution in [3.63, 3.8) is 0 Å². The first kappa shape index (κ1) is 12.0. The van der Waals surface area contributed by atoms with Crippen molar-refractivity contribution in [2.75, 3.05) is 6.54 Å². The maximum atomic E-state index is 5.64. The topological polar surface area (TPSA) is 26.0 Å². The van der Waals surface area contributed by atoms with E-state index < -0.39 is 0 Å². The first-order chi connectivity index (χ1) is 6.79. The molecule has 0 aliphatic heterocycles. The van der Waals surface area contributed by atoms with Gasteiger partial charge in [-0.25, -0.2) is 0 Å². The predicted molar refractivity (Wildman–Crippen MR) is 63.3 cm³/mol. The lowest BCUT2D eigenvalue weighted by Gasteiger charge is -2.38. The molecule has 0 saturated heterocycles. The molecule has 1 saturated carbocycles. The summed E-state index contributed by atoms with van der Waals surface area (Å²) in [5, 5.41) is 0. The molecule has 1 aliphatic rings. The van der Waals surface area contributed by atoms with E-state index >= 15 is 0 Å². The molecule has 84 valence electrons. The zero-order valence-corrected chi connectivity index (χ0v) is 10.0. The maximum Gasteiger partial charge on any atom is -0.00771 e. The summed E-state index contributed by atoms with van der Waals surface area (Å²) in [5.41, 5.74) is 6.28. The van der Waals surface area contributed by atoms with Gasteiger partial charge in [0.1, 0.15) is 0 Å². The minimum atomic E-state index is 0.635. The third-order valence-electron chi connectivity index (χ3n) is 4.51. The van der Waals surface area contributed by atoms with Gasteiger partial charge < -0.3 is 5.73 Å². The highest BCUT2D eigenvalue weighted by molar-refractivity contribution is 4.87. The van der Waals surface area contributed by atoms with E-state index in [0.717, 1.165) is 12.5 Å². The zero-order valence-electron chi connectivity index (χ0n) is 10.0. The van der Waals surface area contributed by atoms with Gasteiger partial charge in [-0.05, 0) is 43.6 Å². The zero-order chi connectivity index (χ0) is 10.4. The molecule has 1 heteroatoms. The van der Waals surface area contributed by atoms with Crippen LogP contribution >= 0.6 is 0 Å². The first-order valence-corrected chi connectivity index (χ1v) is 6.49. The molecular weight excluding hydrogens is 170 g/mol. The van der Waals surface area contributed by atoms with Crippen LogP contribution in [0.15, 0.2) is 0 Å². The second kappa shape index (κ2) is 5.75. The summed E-state index contributed by atoms with van der Waals surface area (Å²) in [4.78, 5) is 0. The molecule has 1 rings (SSSR count). The van der Waals surface area contributed by atoms with Crippen molar-refractivity contribution in [2.45, 2.75) is 65.2 Å². The SMILES string of the molecule is CCC(CC)(CCCN)C1CCCC1. The molecule has 0 radical (unpaired) electrons. The molecule has 0 amide bonds. The average Bonchev–Trinajstić information content (AvgIpc) is 2.74. The van der Waals surface area contributed by atoms with Gasteiger partial charge in [0.25, 0.3) is 0 Å². The van der Waals surface area contributed by atoms with Crippen molar-refractivity contribution in [1.82, 2.24) is 0 Å². The van der Waals surface area contributed by atoms with E-state index in [1.807, 2.05) is 0 Å². The molecule has 0 spiro atoms. The Labute approximate surface area is 89.5 Å². The lowest BCUT2D eigenvalue weighted by Crippen LogP contribution is -2.28. The number of rotatable bonds is 6. The van der Waals surface area contributed by atoms with Gasteiger partial charge in [-0.2, -0.15) is 0 Å². The third kappa shape index (κ3) is 2.50. The molecule has 1 nitrogen and oxygen atoms in total. The highest BCUT2D eigenvalue weighted by Crippen LogP contribution is 2.47. The largest absolute Gasteiger partial charge is 0.330 e. The molecule has 0 bridgehead atoms. The van der Waals surface area contributed by atoms with Crippen molar-refractivity contribution in [3.8, 4) is 0 Å². The van der Waals surface area contributed by atoms with E-state index in [4.69, 9.17) is 5.73 Å². The Balaban J connectivity index is 2.57. The monoisotopic (exact) mass is 197 g/mol. The predicted octanol–water partition coefficient (Wildman–Crippen LogP) is 3.72. The minimum absolute atomic E-state index is 0.635. The van der Waals surface area contributed by atoms with Gasteiger partial charge in [-0.15, -0.1) is 0 Å². The Hall–Kier alpha value is -0.0400. The smallest absolute Gasteiger partial charge is 0.00771 e. The van der Waals surface area contributed by atoms with Gasteiger partial charge in [0.2, 0.25) is 0 Å². The second-order valence-corrected chi connectivity index (χ2v) is 4.94. The Bertz CT molecular complexity index is 143. The van der Waals surface area contributed by atoms with Crippen molar-refractivity contribution in [2.24, 2.45) is 17.1 Å². The van der Waals surface area contributed by atoms with Crippen LogP contribution in [0.2, 0.25) is 0 Å². The summed E-state index contributed by atoms with van der Waals surface area (Å²) in [5.74, 6) is 1.00. The molecule has 0 aromatic rings. The van der Waals surface area contributed by atoms with Gasteiger partial charge in [0.15, 0.2) is 0 Å². The quantitative estimate of drug-likeness (QED) is 0.690. The minimum Gasteiger partial charge on any atom is -0.330 e. The fourth-order valence-corrected chi connectivity index (χ4v) is 3.38. The first-order valence-electron chi connectivity index (χ1n) is 6.49. The van der Waals surface area contributed by atoms with E-state index in [-0.39, 0.29) is 0 Å². The van der Waals surface area contributed by atoms with Crippen LogP contribution < -0.4 is 5.73 Å². The van der Waals surface area contributed by atoms with Crippen molar-refractivity contribution < 1.29 is 0 Å². The summed E-state index contributed by atoms with van der Waals surface area (Å²) in [6.07, 6.45) is 11.2. The van der Waals surface area contributed by atoms with Crippen LogP contribution in [-0.2, 0) is 0 Å². The van der Waals surface area contributed by atoms with Crippen LogP contribution in [0, 0.1) is 11.3 Å². The summed E-state index contributed by atoms with van der Waals surface area (Å²) >= 11 is 0. The van der Waals surface area contributed by atoms with Crippen LogP contribution in [-0.4, -0.2) is 6.54 Å². The molecule has 1 aliphatic carbocycles. The van der Waals surface area contributed by atoms with Crippen molar-refractivity contribution in [1.29, 1.82) is 0 Å². The van der Waals surface area contributed by atoms with Crippen LogP contribution in [0.4, 0.5) is 0 Å². The second-order valence-electron chi connectivity index (χ2n) is 4.94. The standard InChI is InChI=1S/C13H27N/c1-3-13(4-2,10-7-11-14)12-8-5-6-9-12/h12H,3-11,14H2,1-2H3. The lowest BCUT2D eigenvalue weighted by atomic mass is 9.67. The van der Waals surface area contributed by atoms with Crippen LogP contribution in [0.1, 0.15) is 65.2 Å². The van der Waals surface area contributed by atoms with Gasteiger partial charge >= 0.3 is 0 Å². The van der Waals surface area contributed by atoms with Gasteiger partial charge in [0, 0.05) is 0 Å². The molecule has 0 aromatic heterocycles. The number of hydrogen-bond donors (Lipinski definition) is 1. The van der Waals surface area contributed by atoms with Gasteiger partial charge in [-0.1, -0.05) is 39.5 Å². The van der Waals surface area contributed by atoms with E-state index in [1.165, 1.54) is 51.4 Å². The molecule has 0 heterocycles. The third-order valence-corrected chi connectivity index (χ3v) is 4.51. The summed E-state index contributed by atoms with van der Waals surface area (Å²) < 4.78 is 0. The Morgan fingerprint density at radius 1 is 1.14 bits per heavy atom. The molecule has 14 heavy (non-hydrogen) atoms. The van der Waals surface area contributed by atoms with Crippen molar-refractivity contribution >= 4 is 0 Å². The molecule has 2 N–H and O–H groups in total. The van der Waals surface area contributed by atoms with E-state index in [2.05, 4.69) is 13.8 Å². The summed E-state index contributed by atoms with van der Waals surface area (Å²) in [7, 11) is 0. The Kier molecular flexibility index (Phi) is 4.94. The van der Waals surface area contributed by atoms with Gasteiger partial charge in [0.05, 0.1) is 0 Å². The highest BCUT2D eigenvalue weighted by Gasteiger charge is 2.36. The normalized spacial score (nSPS) is 19.1. The fourth-order valence-electron chi connectivity index (χ4n) is 3.38. The Morgan fingerprint density at radius 3 is 2.14 bits per heavy atom. The Morgan fingerprint density at radius 2 is 1.71 bits per heavy atom. The highest BCUT2D eigenvalue weighted by atomic mass is 14.5. The van der Waals surface area contributed by atoms with E-state index in [1.54, 1.807) is 0 Å². The summed E-state index contributed by atoms with van der Waals surface area (Å²) in [6.45, 7) is 5.62. The molecule has 0 aromatic carbocycles. The molecular formula is C13H27N. The van der Waals surface area contributed by atoms with E-state index in [0.29, 0.717) is 5.41 Å². The van der Waals surface area contributed by atoms with Gasteiger partial charge in [-0.3, -0.25) is 0 Å². The average molecular weight is 197 g/mol. The van der Waals surface area contributed by atoms with Crippen LogP contribution in [0.3, 0.4) is 0 Å². The number of hydrogen-bond acceptors (Lipinski definition) is 1. The van der Waals surface area contributed by atoms with E-state index in [9.17, 15) is 0 Å². The molecule has 0 atom stereocenters. The number of nitrogens with two attached hydrogens (primary N) is 1. The maximum absolute atomic E-state index is 5.64. The molecule has 0 unspecified atom stereocenters. The summed E-state index contributed by atoms with van der Waals surface area (Å²) in [6, 6.07) is 0. The van der Waals surface area contributed by atoms with Crippen molar-refractivity contribution in [3.05, 3.63) is 0 Å².